The molecule has 184 valence electrons. The van der Waals surface area contributed by atoms with Gasteiger partial charge >= 0.3 is 0 Å². The van der Waals surface area contributed by atoms with E-state index >= 15 is 0 Å². The molecule has 3 aliphatic rings. The average molecular weight is 479 g/mol. The van der Waals surface area contributed by atoms with Crippen molar-refractivity contribution >= 4 is 11.4 Å². The number of anilines is 2. The molecule has 0 bridgehead atoms. The second kappa shape index (κ2) is 8.28. The Morgan fingerprint density at radius 1 is 0.943 bits per heavy atom. The molecule has 0 atom stereocenters. The van der Waals surface area contributed by atoms with E-state index in [9.17, 15) is 8.78 Å². The van der Waals surface area contributed by atoms with E-state index in [1.54, 1.807) is 0 Å². The molecule has 6 nitrogen and oxygen atoms in total. The number of aryl methyl sites for hydroxylation is 1. The van der Waals surface area contributed by atoms with Crippen LogP contribution in [0.15, 0.2) is 36.7 Å². The standard InChI is InChI=1S/C27H32F2N6/c1-18-14-22(33-25(32-18)19-4-6-27(28,29)7-5-19)20-16-31-35(17-20)23-3-2-21(30)15-24(23)34-12-10-26(8-9-26)11-13-34/h2-3,14-17,19H,4-13,30H2,1H3. The topological polar surface area (TPSA) is 72.9 Å². The van der Waals surface area contributed by atoms with Gasteiger partial charge in [0, 0.05) is 55.0 Å². The summed E-state index contributed by atoms with van der Waals surface area (Å²) in [5, 5.41) is 4.67. The third-order valence-corrected chi connectivity index (χ3v) is 8.20. The molecule has 6 rings (SSSR count). The van der Waals surface area contributed by atoms with Crippen LogP contribution in [-0.4, -0.2) is 38.8 Å². The third-order valence-electron chi connectivity index (χ3n) is 8.20. The molecule has 2 aliphatic carbocycles. The number of benzene rings is 1. The van der Waals surface area contributed by atoms with Crippen LogP contribution in [0, 0.1) is 12.3 Å². The summed E-state index contributed by atoms with van der Waals surface area (Å²) in [4.78, 5) is 11.8. The molecule has 1 saturated heterocycles. The Hall–Kier alpha value is -3.03. The van der Waals surface area contributed by atoms with Gasteiger partial charge in [0.05, 0.1) is 23.3 Å². The van der Waals surface area contributed by atoms with Gasteiger partial charge in [-0.25, -0.2) is 23.4 Å². The lowest BCUT2D eigenvalue weighted by Gasteiger charge is -2.35. The van der Waals surface area contributed by atoms with Gasteiger partial charge in [-0.05, 0) is 75.1 Å². The third kappa shape index (κ3) is 4.50. The summed E-state index contributed by atoms with van der Waals surface area (Å²) in [5.74, 6) is -1.92. The highest BCUT2D eigenvalue weighted by atomic mass is 19.3. The summed E-state index contributed by atoms with van der Waals surface area (Å²) in [6, 6.07) is 7.93. The minimum absolute atomic E-state index is 0.0270. The minimum Gasteiger partial charge on any atom is -0.399 e. The average Bonchev–Trinajstić information content (AvgIpc) is 3.39. The van der Waals surface area contributed by atoms with Gasteiger partial charge < -0.3 is 10.6 Å². The molecular formula is C27H32F2N6. The minimum atomic E-state index is -2.56. The summed E-state index contributed by atoms with van der Waals surface area (Å²) in [7, 11) is 0. The number of halogens is 2. The molecule has 1 aliphatic heterocycles. The van der Waals surface area contributed by atoms with E-state index < -0.39 is 5.92 Å². The Morgan fingerprint density at radius 2 is 1.69 bits per heavy atom. The lowest BCUT2D eigenvalue weighted by atomic mass is 9.86. The van der Waals surface area contributed by atoms with Crippen molar-refractivity contribution < 1.29 is 8.78 Å². The number of rotatable bonds is 4. The summed E-state index contributed by atoms with van der Waals surface area (Å²) in [6.45, 7) is 4.01. The van der Waals surface area contributed by atoms with E-state index in [1.165, 1.54) is 25.7 Å². The number of aromatic nitrogens is 4. The van der Waals surface area contributed by atoms with Crippen LogP contribution in [0.5, 0.6) is 0 Å². The van der Waals surface area contributed by atoms with E-state index in [4.69, 9.17) is 10.7 Å². The maximum Gasteiger partial charge on any atom is 0.248 e. The van der Waals surface area contributed by atoms with Crippen molar-refractivity contribution in [3.05, 3.63) is 48.2 Å². The Balaban J connectivity index is 1.28. The van der Waals surface area contributed by atoms with Gasteiger partial charge in [-0.3, -0.25) is 0 Å². The molecule has 0 radical (unpaired) electrons. The number of nitrogens with two attached hydrogens (primary N) is 1. The molecule has 8 heteroatoms. The van der Waals surface area contributed by atoms with Crippen molar-refractivity contribution in [2.75, 3.05) is 23.7 Å². The summed E-state index contributed by atoms with van der Waals surface area (Å²) < 4.78 is 29.2. The number of nitrogens with zero attached hydrogens (tertiary/aromatic N) is 5. The second-order valence-electron chi connectivity index (χ2n) is 10.8. The molecule has 2 saturated carbocycles. The Labute approximate surface area is 204 Å². The fourth-order valence-corrected chi connectivity index (χ4v) is 5.69. The summed E-state index contributed by atoms with van der Waals surface area (Å²) in [6.07, 6.45) is 9.66. The molecule has 3 fully saturated rings. The monoisotopic (exact) mass is 478 g/mol. The van der Waals surface area contributed by atoms with Gasteiger partial charge in [-0.2, -0.15) is 5.10 Å². The number of hydrogen-bond donors (Lipinski definition) is 1. The van der Waals surface area contributed by atoms with Crippen molar-refractivity contribution in [3.8, 4) is 16.9 Å². The van der Waals surface area contributed by atoms with E-state index in [2.05, 4.69) is 15.0 Å². The fourth-order valence-electron chi connectivity index (χ4n) is 5.69. The molecule has 0 unspecified atom stereocenters. The normalized spacial score (nSPS) is 21.4. The Kier molecular flexibility index (Phi) is 5.31. The lowest BCUT2D eigenvalue weighted by Crippen LogP contribution is -2.35. The van der Waals surface area contributed by atoms with Gasteiger partial charge in [-0.15, -0.1) is 0 Å². The molecular weight excluding hydrogens is 446 g/mol. The van der Waals surface area contributed by atoms with Crippen molar-refractivity contribution in [2.24, 2.45) is 5.41 Å². The Bertz CT molecular complexity index is 1230. The second-order valence-corrected chi connectivity index (χ2v) is 10.8. The number of piperidine rings is 1. The molecule has 1 aromatic carbocycles. The zero-order valence-corrected chi connectivity index (χ0v) is 20.2. The first-order valence-electron chi connectivity index (χ1n) is 12.7. The highest BCUT2D eigenvalue weighted by Crippen LogP contribution is 2.54. The Morgan fingerprint density at radius 3 is 2.40 bits per heavy atom. The fraction of sp³-hybridized carbons (Fsp3) is 0.519. The zero-order chi connectivity index (χ0) is 24.2. The van der Waals surface area contributed by atoms with Crippen LogP contribution < -0.4 is 10.6 Å². The van der Waals surface area contributed by atoms with Crippen LogP contribution in [0.2, 0.25) is 0 Å². The van der Waals surface area contributed by atoms with E-state index in [0.29, 0.717) is 24.1 Å². The predicted octanol–water partition coefficient (Wildman–Crippen LogP) is 5.89. The van der Waals surface area contributed by atoms with E-state index in [1.807, 2.05) is 48.3 Å². The highest BCUT2D eigenvalue weighted by Gasteiger charge is 2.44. The zero-order valence-electron chi connectivity index (χ0n) is 20.2. The SMILES string of the molecule is Cc1cc(-c2cnn(-c3ccc(N)cc3N3CCC4(CC3)CC4)c2)nc(C2CCC(F)(F)CC2)n1. The lowest BCUT2D eigenvalue weighted by molar-refractivity contribution is -0.0387. The number of nitrogen functional groups attached to an aromatic ring is 1. The van der Waals surface area contributed by atoms with Crippen LogP contribution in [0.25, 0.3) is 16.9 Å². The van der Waals surface area contributed by atoms with Crippen LogP contribution in [0.1, 0.15) is 68.8 Å². The molecule has 3 heterocycles. The molecule has 2 aromatic heterocycles. The molecule has 0 amide bonds. The van der Waals surface area contributed by atoms with Crippen LogP contribution in [-0.2, 0) is 0 Å². The van der Waals surface area contributed by atoms with Gasteiger partial charge in [-0.1, -0.05) is 0 Å². The summed E-state index contributed by atoms with van der Waals surface area (Å²) in [5.41, 5.74) is 12.1. The van der Waals surface area contributed by atoms with Gasteiger partial charge in [0.25, 0.3) is 0 Å². The van der Waals surface area contributed by atoms with Crippen molar-refractivity contribution in [2.45, 2.75) is 70.1 Å². The number of alkyl halides is 2. The maximum atomic E-state index is 13.7. The van der Waals surface area contributed by atoms with Crippen molar-refractivity contribution in [1.82, 2.24) is 19.7 Å². The first kappa shape index (κ1) is 22.4. The predicted molar refractivity (Wildman–Crippen MR) is 133 cm³/mol. The van der Waals surface area contributed by atoms with E-state index in [-0.39, 0.29) is 18.8 Å². The molecule has 2 N–H and O–H groups in total. The first-order chi connectivity index (χ1) is 16.8. The molecule has 3 aromatic rings. The smallest absolute Gasteiger partial charge is 0.248 e. The van der Waals surface area contributed by atoms with E-state index in [0.717, 1.165) is 47.1 Å². The van der Waals surface area contributed by atoms with Crippen LogP contribution >= 0.6 is 0 Å². The van der Waals surface area contributed by atoms with Crippen LogP contribution in [0.3, 0.4) is 0 Å². The number of hydrogen-bond acceptors (Lipinski definition) is 5. The first-order valence-corrected chi connectivity index (χ1v) is 12.7. The van der Waals surface area contributed by atoms with Crippen molar-refractivity contribution in [3.63, 3.8) is 0 Å². The van der Waals surface area contributed by atoms with Crippen LogP contribution in [0.4, 0.5) is 20.2 Å². The van der Waals surface area contributed by atoms with Gasteiger partial charge in [0.2, 0.25) is 5.92 Å². The quantitative estimate of drug-likeness (QED) is 0.473. The molecule has 35 heavy (non-hydrogen) atoms. The maximum absolute atomic E-state index is 13.7. The summed E-state index contributed by atoms with van der Waals surface area (Å²) >= 11 is 0. The van der Waals surface area contributed by atoms with Crippen molar-refractivity contribution in [1.29, 1.82) is 0 Å². The largest absolute Gasteiger partial charge is 0.399 e. The highest BCUT2D eigenvalue weighted by molar-refractivity contribution is 5.69. The van der Waals surface area contributed by atoms with Gasteiger partial charge in [0.15, 0.2) is 0 Å². The molecule has 1 spiro atoms. The van der Waals surface area contributed by atoms with Gasteiger partial charge in [0.1, 0.15) is 5.82 Å².